The quantitative estimate of drug-likeness (QED) is 0.0405. The number of methoxy groups -OCH3 is 2. The smallest absolute Gasteiger partial charge is 0.333 e. The second-order valence-electron chi connectivity index (χ2n) is 15.8. The molecule has 348 valence electrons. The molecule has 0 radical (unpaired) electrons. The van der Waals surface area contributed by atoms with Gasteiger partial charge in [0.1, 0.15) is 29.3 Å². The zero-order valence-corrected chi connectivity index (χ0v) is 39.2. The van der Waals surface area contributed by atoms with Gasteiger partial charge in [-0.1, -0.05) is 55.5 Å². The van der Waals surface area contributed by atoms with Crippen molar-refractivity contribution in [3.8, 4) is 17.6 Å². The second kappa shape index (κ2) is 22.9. The lowest BCUT2D eigenvalue weighted by Crippen LogP contribution is -2.57. The van der Waals surface area contributed by atoms with Crippen LogP contribution in [0.15, 0.2) is 88.6 Å². The minimum atomic E-state index is -1.82. The van der Waals surface area contributed by atoms with Gasteiger partial charge in [0.15, 0.2) is 6.23 Å². The van der Waals surface area contributed by atoms with E-state index < -0.39 is 61.6 Å². The first-order valence-electron chi connectivity index (χ1n) is 21.4. The molecule has 0 saturated carbocycles. The Balaban J connectivity index is 1.57. The number of carbonyl (C=O) groups excluding carboxylic acids is 3. The summed E-state index contributed by atoms with van der Waals surface area (Å²) < 4.78 is 41.3. The summed E-state index contributed by atoms with van der Waals surface area (Å²) >= 11 is 0. The van der Waals surface area contributed by atoms with E-state index in [2.05, 4.69) is 15.7 Å². The number of carbonyl (C=O) groups is 3. The van der Waals surface area contributed by atoms with Crippen LogP contribution in [0.25, 0.3) is 0 Å². The van der Waals surface area contributed by atoms with Crippen LogP contribution in [0.2, 0.25) is 0 Å². The molecule has 1 aromatic heterocycles. The molecule has 0 bridgehead atoms. The molecule has 4 atom stereocenters. The molecule has 17 nitrogen and oxygen atoms in total. The normalized spacial score (nSPS) is 16.4. The summed E-state index contributed by atoms with van der Waals surface area (Å²) in [6.45, 7) is 12.4. The molecule has 1 N–H and O–H groups in total. The Labute approximate surface area is 380 Å². The average Bonchev–Trinajstić information content (AvgIpc) is 3.29. The highest BCUT2D eigenvalue weighted by molar-refractivity contribution is 7.44. The van der Waals surface area contributed by atoms with E-state index >= 15 is 0 Å². The molecule has 5 rings (SSSR count). The van der Waals surface area contributed by atoms with E-state index in [1.54, 1.807) is 28.1 Å². The van der Waals surface area contributed by atoms with Crippen molar-refractivity contribution < 1.29 is 47.2 Å². The molecule has 0 aliphatic carbocycles. The maximum atomic E-state index is 13.3. The Morgan fingerprint density at radius 2 is 1.46 bits per heavy atom. The van der Waals surface area contributed by atoms with Crippen molar-refractivity contribution in [3.63, 3.8) is 0 Å². The molecule has 1 aliphatic heterocycles. The number of nitrogens with one attached hydrogen (secondary N) is 1. The number of aromatic amines is 1. The fourth-order valence-corrected chi connectivity index (χ4v) is 9.18. The van der Waals surface area contributed by atoms with Crippen LogP contribution in [0.4, 0.5) is 0 Å². The van der Waals surface area contributed by atoms with Crippen molar-refractivity contribution >= 4 is 26.3 Å². The van der Waals surface area contributed by atoms with Gasteiger partial charge in [0.05, 0.1) is 46.3 Å². The van der Waals surface area contributed by atoms with Gasteiger partial charge < -0.3 is 32.8 Å². The number of nitrogens with zero attached hydrogens (tertiary/aromatic N) is 4. The monoisotopic (exact) mass is 915 g/mol. The number of ether oxygens (including phenoxy) is 4. The lowest BCUT2D eigenvalue weighted by Gasteiger charge is -2.48. The largest absolute Gasteiger partial charge is 0.497 e. The van der Waals surface area contributed by atoms with Crippen LogP contribution in [0, 0.1) is 18.3 Å². The Morgan fingerprint density at radius 1 is 0.908 bits per heavy atom. The number of aromatic nitrogens is 2. The van der Waals surface area contributed by atoms with Crippen molar-refractivity contribution in [2.75, 3.05) is 27.4 Å². The first-order chi connectivity index (χ1) is 31.1. The van der Waals surface area contributed by atoms with E-state index in [1.165, 1.54) is 10.8 Å². The zero-order valence-electron chi connectivity index (χ0n) is 38.3. The molecule has 1 fully saturated rings. The first-order valence-corrected chi connectivity index (χ1v) is 22.5. The molecule has 4 aromatic rings. The van der Waals surface area contributed by atoms with Gasteiger partial charge in [-0.15, -0.1) is 5.06 Å². The van der Waals surface area contributed by atoms with Crippen LogP contribution >= 0.6 is 8.53 Å². The maximum Gasteiger partial charge on any atom is 0.333 e. The van der Waals surface area contributed by atoms with Gasteiger partial charge in [0, 0.05) is 37.2 Å². The molecule has 18 heteroatoms. The zero-order chi connectivity index (χ0) is 47.4. The Kier molecular flexibility index (Phi) is 17.7. The minimum Gasteiger partial charge on any atom is -0.497 e. The van der Waals surface area contributed by atoms with Crippen LogP contribution in [-0.2, 0) is 49.8 Å². The molecule has 3 aromatic carbocycles. The first kappa shape index (κ1) is 50.3. The summed E-state index contributed by atoms with van der Waals surface area (Å²) in [4.78, 5) is 70.1. The van der Waals surface area contributed by atoms with E-state index in [4.69, 9.17) is 32.8 Å². The number of nitriles is 1. The van der Waals surface area contributed by atoms with Gasteiger partial charge in [0.2, 0.25) is 0 Å². The van der Waals surface area contributed by atoms with Gasteiger partial charge in [0.25, 0.3) is 25.9 Å². The van der Waals surface area contributed by atoms with Crippen LogP contribution in [0.1, 0.15) is 94.9 Å². The van der Waals surface area contributed by atoms with Crippen LogP contribution < -0.4 is 20.7 Å². The molecule has 1 saturated heterocycles. The topological polar surface area (TPSA) is 201 Å². The van der Waals surface area contributed by atoms with E-state index in [0.717, 1.165) is 23.6 Å². The summed E-state index contributed by atoms with van der Waals surface area (Å²) in [5.74, 6) is -0.814. The minimum absolute atomic E-state index is 0.00950. The van der Waals surface area contributed by atoms with Crippen molar-refractivity contribution in [2.24, 2.45) is 0 Å². The van der Waals surface area contributed by atoms with E-state index in [9.17, 15) is 29.2 Å². The van der Waals surface area contributed by atoms with Crippen LogP contribution in [0.3, 0.4) is 0 Å². The molecule has 1 aliphatic rings. The number of aryl methyl sites for hydroxylation is 2. The van der Waals surface area contributed by atoms with Crippen LogP contribution in [-0.4, -0.2) is 88.8 Å². The molecule has 2 amide bonds. The van der Waals surface area contributed by atoms with Crippen molar-refractivity contribution in [2.45, 2.75) is 110 Å². The predicted molar refractivity (Wildman–Crippen MR) is 241 cm³/mol. The number of H-pyrrole nitrogens is 1. The van der Waals surface area contributed by atoms with E-state index in [1.807, 2.05) is 100 Å². The highest BCUT2D eigenvalue weighted by Crippen LogP contribution is 2.52. The maximum absolute atomic E-state index is 13.3. The molecule has 65 heavy (non-hydrogen) atoms. The molecular formula is C47H58N5O12P. The number of hydrogen-bond acceptors (Lipinski definition) is 14. The standard InChI is InChI=1S/C47H58N5O12P/c1-10-41(54)51(33(7)53)63-42(55)25-14-34-12-15-35(16-13-34)47(36-17-21-38(58-8)22-18-36,37-19-23-39(59-9)24-20-37)60-29-40-43(45(62-40)50-28-32(6)44(56)49-46(50)57)64-65(61-27-11-26-48)52(30(2)3)31(4)5/h12-13,15-24,28,30-31,40,43,45H,10-11,14,25,27,29H2,1-9H3,(H,49,56,57)/t40?,43-,45?,65?/m0/s1. The van der Waals surface area contributed by atoms with Gasteiger partial charge >= 0.3 is 11.7 Å². The summed E-state index contributed by atoms with van der Waals surface area (Å²) in [6.07, 6.45) is -0.920. The fourth-order valence-electron chi connectivity index (χ4n) is 7.42. The summed E-state index contributed by atoms with van der Waals surface area (Å²) in [7, 11) is 1.34. The average molecular weight is 916 g/mol. The van der Waals surface area contributed by atoms with Gasteiger partial charge in [-0.3, -0.25) is 23.9 Å². The predicted octanol–water partition coefficient (Wildman–Crippen LogP) is 6.61. The lowest BCUT2D eigenvalue weighted by molar-refractivity contribution is -0.268. The molecule has 0 spiro atoms. The van der Waals surface area contributed by atoms with E-state index in [-0.39, 0.29) is 51.0 Å². The highest BCUT2D eigenvalue weighted by atomic mass is 31.2. The number of amides is 2. The molecule has 3 unspecified atom stereocenters. The van der Waals surface area contributed by atoms with Gasteiger partial charge in [-0.2, -0.15) is 5.26 Å². The molecular weight excluding hydrogens is 858 g/mol. The number of hydrogen-bond donors (Lipinski definition) is 1. The Bertz CT molecular complexity index is 2340. The van der Waals surface area contributed by atoms with Crippen molar-refractivity contribution in [3.05, 3.63) is 128 Å². The lowest BCUT2D eigenvalue weighted by atomic mass is 9.79. The van der Waals surface area contributed by atoms with E-state index in [0.29, 0.717) is 27.7 Å². The van der Waals surface area contributed by atoms with Crippen LogP contribution in [0.5, 0.6) is 11.5 Å². The summed E-state index contributed by atoms with van der Waals surface area (Å²) in [5, 5.41) is 9.86. The number of imide groups is 1. The van der Waals surface area contributed by atoms with Crippen molar-refractivity contribution in [1.82, 2.24) is 19.3 Å². The Morgan fingerprint density at radius 3 is 1.95 bits per heavy atom. The number of hydroxylamine groups is 2. The van der Waals surface area contributed by atoms with Crippen molar-refractivity contribution in [1.29, 1.82) is 5.26 Å². The fraction of sp³-hybridized carbons (Fsp3) is 0.447. The SMILES string of the molecule is CCC(=O)N(OC(=O)CCc1ccc(C(OCC2OC(n3cc(C)c(=O)[nH]c3=O)[C@H]2OP(OCCC#N)N(C(C)C)C(C)C)(c2ccc(OC)cc2)c2ccc(OC)cc2)cc1)C(C)=O. The summed E-state index contributed by atoms with van der Waals surface area (Å²) in [6, 6.07) is 24.5. The second-order valence-corrected chi connectivity index (χ2v) is 17.2. The number of rotatable bonds is 21. The van der Waals surface area contributed by atoms with Gasteiger partial charge in [-0.05, 0) is 87.6 Å². The Hall–Kier alpha value is -5.73. The summed E-state index contributed by atoms with van der Waals surface area (Å²) in [5.41, 5.74) is 0.675. The molecule has 2 heterocycles. The highest BCUT2D eigenvalue weighted by Gasteiger charge is 2.50. The third kappa shape index (κ3) is 11.9. The number of benzene rings is 3. The third-order valence-corrected chi connectivity index (χ3v) is 12.8. The third-order valence-electron chi connectivity index (χ3n) is 10.7. The van der Waals surface area contributed by atoms with Gasteiger partial charge in [-0.25, -0.2) is 14.3 Å².